The summed E-state index contributed by atoms with van der Waals surface area (Å²) in [6.07, 6.45) is 7.31. The number of ketones is 1. The van der Waals surface area contributed by atoms with E-state index in [2.05, 4.69) is 6.58 Å². The van der Waals surface area contributed by atoms with Crippen molar-refractivity contribution in [3.05, 3.63) is 12.7 Å². The lowest BCUT2D eigenvalue weighted by atomic mass is 9.93. The third kappa shape index (κ3) is 2.66. The second kappa shape index (κ2) is 4.56. The van der Waals surface area contributed by atoms with Crippen molar-refractivity contribution in [2.24, 2.45) is 0 Å². The number of hydrogen-bond acceptors (Lipinski definition) is 2. The lowest BCUT2D eigenvalue weighted by Gasteiger charge is -2.19. The Hall–Kier alpha value is -0.630. The highest BCUT2D eigenvalue weighted by atomic mass is 16.3. The van der Waals surface area contributed by atoms with E-state index in [4.69, 9.17) is 0 Å². The summed E-state index contributed by atoms with van der Waals surface area (Å²) < 4.78 is 0. The molecule has 0 aliphatic heterocycles. The summed E-state index contributed by atoms with van der Waals surface area (Å²) in [6.45, 7) is 3.60. The summed E-state index contributed by atoms with van der Waals surface area (Å²) in [5.41, 5.74) is -0.971. The van der Waals surface area contributed by atoms with Gasteiger partial charge in [0.25, 0.3) is 0 Å². The number of Topliss-reactive ketones (excluding diaryl/α,β-unsaturated/α-hetero) is 1. The van der Waals surface area contributed by atoms with Gasteiger partial charge in [0.1, 0.15) is 5.60 Å². The molecule has 1 aliphatic rings. The van der Waals surface area contributed by atoms with Crippen molar-refractivity contribution < 1.29 is 9.90 Å². The monoisotopic (exact) mass is 182 g/mol. The Labute approximate surface area is 79.6 Å². The van der Waals surface area contributed by atoms with E-state index in [1.165, 1.54) is 0 Å². The van der Waals surface area contributed by atoms with Crippen LogP contribution >= 0.6 is 0 Å². The van der Waals surface area contributed by atoms with Gasteiger partial charge in [0.2, 0.25) is 0 Å². The minimum absolute atomic E-state index is 0.0341. The first-order chi connectivity index (χ1) is 6.19. The number of unbranched alkanes of at least 4 members (excludes halogenated alkanes) is 1. The maximum Gasteiger partial charge on any atom is 0.164 e. The van der Waals surface area contributed by atoms with Gasteiger partial charge >= 0.3 is 0 Å². The van der Waals surface area contributed by atoms with Gasteiger partial charge in [-0.1, -0.05) is 6.08 Å². The van der Waals surface area contributed by atoms with Crippen LogP contribution in [0.4, 0.5) is 0 Å². The van der Waals surface area contributed by atoms with Crippen molar-refractivity contribution in [2.75, 3.05) is 0 Å². The van der Waals surface area contributed by atoms with E-state index in [1.807, 2.05) is 6.08 Å². The number of hydrogen-bond donors (Lipinski definition) is 1. The van der Waals surface area contributed by atoms with Crippen LogP contribution in [0.1, 0.15) is 44.9 Å². The van der Waals surface area contributed by atoms with Crippen LogP contribution in [0.3, 0.4) is 0 Å². The molecule has 0 bridgehead atoms. The fourth-order valence-corrected chi connectivity index (χ4v) is 1.88. The third-order valence-electron chi connectivity index (χ3n) is 2.76. The topological polar surface area (TPSA) is 37.3 Å². The Kier molecular flexibility index (Phi) is 3.67. The van der Waals surface area contributed by atoms with Gasteiger partial charge in [-0.05, 0) is 38.5 Å². The van der Waals surface area contributed by atoms with Crippen LogP contribution in [-0.4, -0.2) is 16.5 Å². The summed E-state index contributed by atoms with van der Waals surface area (Å²) in [5.74, 6) is 0.0341. The van der Waals surface area contributed by atoms with Crippen molar-refractivity contribution >= 4 is 5.78 Å². The number of rotatable bonds is 5. The molecule has 0 heterocycles. The van der Waals surface area contributed by atoms with Gasteiger partial charge in [-0.3, -0.25) is 4.79 Å². The first-order valence-electron chi connectivity index (χ1n) is 5.05. The van der Waals surface area contributed by atoms with Crippen LogP contribution in [-0.2, 0) is 4.79 Å². The highest BCUT2D eigenvalue weighted by molar-refractivity contribution is 5.87. The molecule has 1 saturated carbocycles. The summed E-state index contributed by atoms with van der Waals surface area (Å²) in [7, 11) is 0. The van der Waals surface area contributed by atoms with Crippen molar-refractivity contribution in [3.8, 4) is 0 Å². The molecular weight excluding hydrogens is 164 g/mol. The normalized spacial score (nSPS) is 20.1. The molecule has 0 aromatic carbocycles. The number of carbonyl (C=O) groups is 1. The van der Waals surface area contributed by atoms with Gasteiger partial charge in [0.05, 0.1) is 0 Å². The molecule has 0 saturated heterocycles. The Balaban J connectivity index is 2.33. The Morgan fingerprint density at radius 3 is 2.62 bits per heavy atom. The summed E-state index contributed by atoms with van der Waals surface area (Å²) in [6, 6.07) is 0. The highest BCUT2D eigenvalue weighted by Crippen LogP contribution is 2.31. The van der Waals surface area contributed by atoms with Crippen molar-refractivity contribution in [1.29, 1.82) is 0 Å². The zero-order chi connectivity index (χ0) is 9.73. The van der Waals surface area contributed by atoms with E-state index in [9.17, 15) is 9.90 Å². The molecule has 0 unspecified atom stereocenters. The van der Waals surface area contributed by atoms with Crippen LogP contribution in [0.15, 0.2) is 12.7 Å². The second-order valence-electron chi connectivity index (χ2n) is 3.84. The first kappa shape index (κ1) is 10.5. The highest BCUT2D eigenvalue weighted by Gasteiger charge is 2.37. The van der Waals surface area contributed by atoms with Gasteiger partial charge < -0.3 is 5.11 Å². The van der Waals surface area contributed by atoms with E-state index >= 15 is 0 Å². The van der Waals surface area contributed by atoms with Crippen LogP contribution in [0.2, 0.25) is 0 Å². The summed E-state index contributed by atoms with van der Waals surface area (Å²) in [4.78, 5) is 11.6. The molecule has 0 amide bonds. The summed E-state index contributed by atoms with van der Waals surface area (Å²) in [5, 5.41) is 9.88. The fraction of sp³-hybridized carbons (Fsp3) is 0.727. The average Bonchev–Trinajstić information content (AvgIpc) is 2.54. The van der Waals surface area contributed by atoms with Crippen molar-refractivity contribution in [2.45, 2.75) is 50.5 Å². The van der Waals surface area contributed by atoms with Gasteiger partial charge in [0, 0.05) is 6.42 Å². The minimum atomic E-state index is -0.971. The molecule has 1 rings (SSSR count). The van der Waals surface area contributed by atoms with Gasteiger partial charge in [-0.25, -0.2) is 0 Å². The van der Waals surface area contributed by atoms with Crippen LogP contribution in [0.5, 0.6) is 0 Å². The zero-order valence-corrected chi connectivity index (χ0v) is 8.09. The van der Waals surface area contributed by atoms with Gasteiger partial charge in [-0.15, -0.1) is 6.58 Å². The predicted molar refractivity (Wildman–Crippen MR) is 52.5 cm³/mol. The number of aliphatic hydroxyl groups is 1. The standard InChI is InChI=1S/C11H18O2/c1-2-3-4-7-10(12)11(13)8-5-6-9-11/h2,13H,1,3-9H2. The molecule has 2 nitrogen and oxygen atoms in total. The second-order valence-corrected chi connectivity index (χ2v) is 3.84. The minimum Gasteiger partial charge on any atom is -0.382 e. The maximum absolute atomic E-state index is 11.6. The summed E-state index contributed by atoms with van der Waals surface area (Å²) >= 11 is 0. The van der Waals surface area contributed by atoms with Crippen LogP contribution in [0, 0.1) is 0 Å². The molecule has 1 aliphatic carbocycles. The zero-order valence-electron chi connectivity index (χ0n) is 8.09. The molecule has 13 heavy (non-hydrogen) atoms. The molecule has 0 radical (unpaired) electrons. The smallest absolute Gasteiger partial charge is 0.164 e. The van der Waals surface area contributed by atoms with Gasteiger partial charge in [-0.2, -0.15) is 0 Å². The first-order valence-corrected chi connectivity index (χ1v) is 5.05. The fourth-order valence-electron chi connectivity index (χ4n) is 1.88. The lowest BCUT2D eigenvalue weighted by Crippen LogP contribution is -2.34. The third-order valence-corrected chi connectivity index (χ3v) is 2.76. The maximum atomic E-state index is 11.6. The van der Waals surface area contributed by atoms with E-state index < -0.39 is 5.60 Å². The van der Waals surface area contributed by atoms with E-state index in [0.29, 0.717) is 19.3 Å². The van der Waals surface area contributed by atoms with Crippen molar-refractivity contribution in [1.82, 2.24) is 0 Å². The van der Waals surface area contributed by atoms with E-state index in [0.717, 1.165) is 25.7 Å². The molecule has 0 spiro atoms. The lowest BCUT2D eigenvalue weighted by molar-refractivity contribution is -0.136. The molecule has 1 fully saturated rings. The Bertz CT molecular complexity index is 190. The molecule has 2 heteroatoms. The molecular formula is C11H18O2. The molecule has 0 atom stereocenters. The van der Waals surface area contributed by atoms with Crippen LogP contribution < -0.4 is 0 Å². The quantitative estimate of drug-likeness (QED) is 0.523. The van der Waals surface area contributed by atoms with E-state index in [-0.39, 0.29) is 5.78 Å². The van der Waals surface area contributed by atoms with Gasteiger partial charge in [0.15, 0.2) is 5.78 Å². The molecule has 1 N–H and O–H groups in total. The number of allylic oxidation sites excluding steroid dienone is 1. The Morgan fingerprint density at radius 1 is 1.46 bits per heavy atom. The average molecular weight is 182 g/mol. The molecule has 74 valence electrons. The number of carbonyl (C=O) groups excluding carboxylic acids is 1. The molecule has 0 aromatic rings. The SMILES string of the molecule is C=CCCCC(=O)C1(O)CCCC1. The predicted octanol–water partition coefficient (Wildman–Crippen LogP) is 2.22. The largest absolute Gasteiger partial charge is 0.382 e. The van der Waals surface area contributed by atoms with Crippen molar-refractivity contribution in [3.63, 3.8) is 0 Å². The van der Waals surface area contributed by atoms with Crippen LogP contribution in [0.25, 0.3) is 0 Å². The van der Waals surface area contributed by atoms with E-state index in [1.54, 1.807) is 0 Å². The molecule has 0 aromatic heterocycles. The Morgan fingerprint density at radius 2 is 2.08 bits per heavy atom.